The zero-order chi connectivity index (χ0) is 14.8. The van der Waals surface area contributed by atoms with Gasteiger partial charge in [0.25, 0.3) is 0 Å². The predicted molar refractivity (Wildman–Crippen MR) is 84.6 cm³/mol. The summed E-state index contributed by atoms with van der Waals surface area (Å²) in [5, 5.41) is 8.16. The normalized spacial score (nSPS) is 12.3. The van der Waals surface area contributed by atoms with Crippen LogP contribution >= 0.6 is 15.9 Å². The molecule has 0 saturated carbocycles. The molecule has 0 aliphatic carbocycles. The molecule has 2 N–H and O–H groups in total. The van der Waals surface area contributed by atoms with Crippen molar-refractivity contribution >= 4 is 15.9 Å². The largest absolute Gasteiger partial charge is 0.419 e. The summed E-state index contributed by atoms with van der Waals surface area (Å²) in [4.78, 5) is 0. The van der Waals surface area contributed by atoms with Crippen LogP contribution in [0.3, 0.4) is 0 Å². The van der Waals surface area contributed by atoms with Gasteiger partial charge >= 0.3 is 0 Å². The van der Waals surface area contributed by atoms with E-state index in [4.69, 9.17) is 10.2 Å². The van der Waals surface area contributed by atoms with Crippen LogP contribution in [-0.4, -0.2) is 10.2 Å². The second-order valence-electron chi connectivity index (χ2n) is 4.80. The number of rotatable bonds is 3. The molecule has 1 aromatic heterocycles. The van der Waals surface area contributed by atoms with Gasteiger partial charge in [0.05, 0.1) is 0 Å². The fraction of sp³-hybridized carbons (Fsp3) is 0.125. The Labute approximate surface area is 131 Å². The van der Waals surface area contributed by atoms with Crippen molar-refractivity contribution in [1.82, 2.24) is 10.2 Å². The summed E-state index contributed by atoms with van der Waals surface area (Å²) in [6.45, 7) is 2.01. The van der Waals surface area contributed by atoms with Gasteiger partial charge in [0.1, 0.15) is 6.04 Å². The Hall–Kier alpha value is -1.98. The molecular formula is C16H14BrN3O. The van der Waals surface area contributed by atoms with Crippen LogP contribution in [0, 0.1) is 6.92 Å². The Balaban J connectivity index is 1.91. The zero-order valence-electron chi connectivity index (χ0n) is 11.5. The summed E-state index contributed by atoms with van der Waals surface area (Å²) in [6, 6.07) is 15.2. The molecule has 1 heterocycles. The molecule has 0 aliphatic rings. The molecule has 5 heteroatoms. The summed E-state index contributed by atoms with van der Waals surface area (Å²) in [5.74, 6) is 0.892. The summed E-state index contributed by atoms with van der Waals surface area (Å²) < 4.78 is 6.77. The molecule has 0 bridgehead atoms. The first-order valence-electron chi connectivity index (χ1n) is 6.55. The third-order valence-corrected chi connectivity index (χ3v) is 4.16. The van der Waals surface area contributed by atoms with Crippen molar-refractivity contribution in [3.05, 3.63) is 70.0 Å². The Kier molecular flexibility index (Phi) is 3.86. The third-order valence-electron chi connectivity index (χ3n) is 3.27. The van der Waals surface area contributed by atoms with E-state index in [0.29, 0.717) is 11.8 Å². The van der Waals surface area contributed by atoms with Gasteiger partial charge in [0.15, 0.2) is 0 Å². The van der Waals surface area contributed by atoms with E-state index < -0.39 is 6.04 Å². The van der Waals surface area contributed by atoms with Crippen molar-refractivity contribution < 1.29 is 4.42 Å². The number of aromatic nitrogens is 2. The summed E-state index contributed by atoms with van der Waals surface area (Å²) in [6.07, 6.45) is 0. The van der Waals surface area contributed by atoms with Crippen LogP contribution in [0.2, 0.25) is 0 Å². The minimum absolute atomic E-state index is 0.413. The molecule has 1 unspecified atom stereocenters. The van der Waals surface area contributed by atoms with Gasteiger partial charge in [-0.2, -0.15) is 0 Å². The van der Waals surface area contributed by atoms with Gasteiger partial charge in [0, 0.05) is 10.0 Å². The van der Waals surface area contributed by atoms with Crippen molar-refractivity contribution in [2.24, 2.45) is 5.73 Å². The van der Waals surface area contributed by atoms with Gasteiger partial charge in [-0.25, -0.2) is 0 Å². The van der Waals surface area contributed by atoms with E-state index in [1.54, 1.807) is 0 Å². The van der Waals surface area contributed by atoms with Crippen LogP contribution in [0.15, 0.2) is 57.4 Å². The smallest absolute Gasteiger partial charge is 0.247 e. The lowest BCUT2D eigenvalue weighted by Gasteiger charge is -2.06. The molecule has 0 radical (unpaired) electrons. The van der Waals surface area contributed by atoms with E-state index in [1.165, 1.54) is 0 Å². The van der Waals surface area contributed by atoms with Crippen molar-refractivity contribution in [2.75, 3.05) is 0 Å². The second kappa shape index (κ2) is 5.79. The number of halogens is 1. The quantitative estimate of drug-likeness (QED) is 0.784. The van der Waals surface area contributed by atoms with Gasteiger partial charge in [-0.1, -0.05) is 46.3 Å². The molecule has 4 nitrogen and oxygen atoms in total. The molecule has 0 aliphatic heterocycles. The average Bonchev–Trinajstić information content (AvgIpc) is 3.00. The van der Waals surface area contributed by atoms with Gasteiger partial charge in [-0.05, 0) is 36.2 Å². The van der Waals surface area contributed by atoms with Crippen molar-refractivity contribution in [3.8, 4) is 11.5 Å². The van der Waals surface area contributed by atoms with E-state index >= 15 is 0 Å². The van der Waals surface area contributed by atoms with Crippen LogP contribution in [0.5, 0.6) is 0 Å². The number of hydrogen-bond acceptors (Lipinski definition) is 4. The molecule has 0 fully saturated rings. The van der Waals surface area contributed by atoms with Gasteiger partial charge in [0.2, 0.25) is 11.8 Å². The highest BCUT2D eigenvalue weighted by molar-refractivity contribution is 9.10. The Morgan fingerprint density at radius 2 is 1.86 bits per heavy atom. The van der Waals surface area contributed by atoms with E-state index in [-0.39, 0.29) is 0 Å². The van der Waals surface area contributed by atoms with Crippen LogP contribution in [0.25, 0.3) is 11.5 Å². The minimum atomic E-state index is -0.413. The number of hydrogen-bond donors (Lipinski definition) is 1. The number of aryl methyl sites for hydroxylation is 1. The van der Waals surface area contributed by atoms with E-state index in [1.807, 2.05) is 55.5 Å². The Bertz CT molecular complexity index is 755. The van der Waals surface area contributed by atoms with Crippen LogP contribution < -0.4 is 5.73 Å². The molecule has 21 heavy (non-hydrogen) atoms. The number of benzene rings is 2. The molecule has 106 valence electrons. The van der Waals surface area contributed by atoms with Crippen molar-refractivity contribution in [2.45, 2.75) is 13.0 Å². The summed E-state index contributed by atoms with van der Waals surface area (Å²) in [5.41, 5.74) is 9.10. The first-order valence-corrected chi connectivity index (χ1v) is 7.35. The van der Waals surface area contributed by atoms with E-state index in [0.717, 1.165) is 21.2 Å². The number of nitrogens with zero attached hydrogens (tertiary/aromatic N) is 2. The molecule has 0 amide bonds. The second-order valence-corrected chi connectivity index (χ2v) is 5.65. The Morgan fingerprint density at radius 3 is 2.57 bits per heavy atom. The summed E-state index contributed by atoms with van der Waals surface area (Å²) >= 11 is 3.47. The highest BCUT2D eigenvalue weighted by Gasteiger charge is 2.17. The zero-order valence-corrected chi connectivity index (χ0v) is 13.0. The maximum absolute atomic E-state index is 6.16. The lowest BCUT2D eigenvalue weighted by Crippen LogP contribution is -2.11. The van der Waals surface area contributed by atoms with Crippen molar-refractivity contribution in [3.63, 3.8) is 0 Å². The third kappa shape index (κ3) is 2.89. The van der Waals surface area contributed by atoms with Crippen LogP contribution in [-0.2, 0) is 0 Å². The fourth-order valence-electron chi connectivity index (χ4n) is 2.06. The van der Waals surface area contributed by atoms with E-state index in [2.05, 4.69) is 26.1 Å². The van der Waals surface area contributed by atoms with Gasteiger partial charge in [-0.3, -0.25) is 0 Å². The summed E-state index contributed by atoms with van der Waals surface area (Å²) in [7, 11) is 0. The molecule has 1 atom stereocenters. The molecular weight excluding hydrogens is 330 g/mol. The highest BCUT2D eigenvalue weighted by atomic mass is 79.9. The lowest BCUT2D eigenvalue weighted by molar-refractivity contribution is 0.484. The van der Waals surface area contributed by atoms with Crippen LogP contribution in [0.1, 0.15) is 23.1 Å². The molecule has 3 rings (SSSR count). The van der Waals surface area contributed by atoms with Gasteiger partial charge < -0.3 is 10.2 Å². The maximum atomic E-state index is 6.16. The SMILES string of the molecule is Cc1cc(-c2nnc(C(N)c3ccccc3)o2)ccc1Br. The van der Waals surface area contributed by atoms with Crippen molar-refractivity contribution in [1.29, 1.82) is 0 Å². The molecule has 3 aromatic rings. The number of nitrogens with two attached hydrogens (primary N) is 1. The molecule has 0 saturated heterocycles. The fourth-order valence-corrected chi connectivity index (χ4v) is 2.30. The Morgan fingerprint density at radius 1 is 1.10 bits per heavy atom. The monoisotopic (exact) mass is 343 g/mol. The first kappa shape index (κ1) is 14.0. The minimum Gasteiger partial charge on any atom is -0.419 e. The highest BCUT2D eigenvalue weighted by Crippen LogP contribution is 2.26. The topological polar surface area (TPSA) is 64.9 Å². The lowest BCUT2D eigenvalue weighted by atomic mass is 10.1. The maximum Gasteiger partial charge on any atom is 0.247 e. The first-order chi connectivity index (χ1) is 10.1. The van der Waals surface area contributed by atoms with Gasteiger partial charge in [-0.15, -0.1) is 10.2 Å². The van der Waals surface area contributed by atoms with E-state index in [9.17, 15) is 0 Å². The molecule has 0 spiro atoms. The van der Waals surface area contributed by atoms with Crippen LogP contribution in [0.4, 0.5) is 0 Å². The molecule has 2 aromatic carbocycles. The predicted octanol–water partition coefficient (Wildman–Crippen LogP) is 3.86. The standard InChI is InChI=1S/C16H14BrN3O/c1-10-9-12(7-8-13(10)17)15-19-20-16(21-15)14(18)11-5-3-2-4-6-11/h2-9,14H,18H2,1H3. The average molecular weight is 344 g/mol.